The number of carboxylic acids is 1. The highest BCUT2D eigenvalue weighted by atomic mass is 16.5. The summed E-state index contributed by atoms with van der Waals surface area (Å²) in [6, 6.07) is 16.2. The highest BCUT2D eigenvalue weighted by Gasteiger charge is 2.50. The van der Waals surface area contributed by atoms with Gasteiger partial charge in [-0.25, -0.2) is 4.79 Å². The second-order valence-corrected chi connectivity index (χ2v) is 10.0. The molecule has 7 nitrogen and oxygen atoms in total. The van der Waals surface area contributed by atoms with Gasteiger partial charge in [-0.2, -0.15) is 0 Å². The molecule has 0 bridgehead atoms. The number of nitrogens with one attached hydrogen (secondary N) is 1. The van der Waals surface area contributed by atoms with E-state index < -0.39 is 17.6 Å². The normalized spacial score (nSPS) is 16.2. The molecule has 1 atom stereocenters. The Labute approximate surface area is 206 Å². The molecular formula is C28H34N2O5. The first-order valence-corrected chi connectivity index (χ1v) is 12.4. The maximum Gasteiger partial charge on any atom is 0.408 e. The number of alkyl carbamates (subject to hydrolysis) is 1. The van der Waals surface area contributed by atoms with Gasteiger partial charge in [-0.05, 0) is 68.2 Å². The lowest BCUT2D eigenvalue weighted by molar-refractivity contribution is -0.142. The number of carboxylic acid groups (broad SMARTS) is 1. The molecular weight excluding hydrogens is 444 g/mol. The minimum Gasteiger partial charge on any atom is -0.481 e. The Morgan fingerprint density at radius 3 is 2.14 bits per heavy atom. The quantitative estimate of drug-likeness (QED) is 0.512. The topological polar surface area (TPSA) is 95.9 Å². The zero-order valence-corrected chi connectivity index (χ0v) is 20.6. The predicted molar refractivity (Wildman–Crippen MR) is 133 cm³/mol. The standard InChI is InChI=1S/C28H34N2O5/c1-18(2)30(16-8-13-25(31)32)26(33)28(3,19-14-15-19)29-27(34)35-17-24-22-11-6-4-9-20(22)21-10-5-7-12-23(21)24/h4-7,9-12,18-19,24H,8,13-17H2,1-3H3,(H,29,34)(H,31,32). The second-order valence-electron chi connectivity index (χ2n) is 10.0. The second kappa shape index (κ2) is 10.1. The molecule has 1 saturated carbocycles. The van der Waals surface area contributed by atoms with Crippen molar-refractivity contribution in [2.24, 2.45) is 5.92 Å². The van der Waals surface area contributed by atoms with Gasteiger partial charge in [0.25, 0.3) is 0 Å². The summed E-state index contributed by atoms with van der Waals surface area (Å²) in [6.07, 6.45) is 1.46. The van der Waals surface area contributed by atoms with E-state index in [2.05, 4.69) is 29.6 Å². The van der Waals surface area contributed by atoms with Gasteiger partial charge in [-0.15, -0.1) is 0 Å². The molecule has 2 amide bonds. The van der Waals surface area contributed by atoms with Crippen LogP contribution in [0.25, 0.3) is 11.1 Å². The highest BCUT2D eigenvalue weighted by molar-refractivity contribution is 5.90. The van der Waals surface area contributed by atoms with Crippen molar-refractivity contribution >= 4 is 18.0 Å². The van der Waals surface area contributed by atoms with Gasteiger partial charge in [0.15, 0.2) is 0 Å². The number of fused-ring (bicyclic) bond motifs is 3. The Hall–Kier alpha value is -3.35. The summed E-state index contributed by atoms with van der Waals surface area (Å²) < 4.78 is 5.72. The molecule has 0 saturated heterocycles. The lowest BCUT2D eigenvalue weighted by Crippen LogP contribution is -2.60. The fourth-order valence-electron chi connectivity index (χ4n) is 5.13. The Balaban J connectivity index is 1.45. The first-order valence-electron chi connectivity index (χ1n) is 12.4. The van der Waals surface area contributed by atoms with Crippen LogP contribution in [0.5, 0.6) is 0 Å². The van der Waals surface area contributed by atoms with Crippen molar-refractivity contribution in [3.8, 4) is 11.1 Å². The van der Waals surface area contributed by atoms with Crippen molar-refractivity contribution in [1.29, 1.82) is 0 Å². The van der Waals surface area contributed by atoms with Gasteiger partial charge >= 0.3 is 12.1 Å². The first kappa shape index (κ1) is 24.8. The van der Waals surface area contributed by atoms with Crippen LogP contribution in [0.2, 0.25) is 0 Å². The highest BCUT2D eigenvalue weighted by Crippen LogP contribution is 2.45. The van der Waals surface area contributed by atoms with E-state index in [9.17, 15) is 14.4 Å². The number of hydrogen-bond donors (Lipinski definition) is 2. The van der Waals surface area contributed by atoms with Gasteiger partial charge < -0.3 is 20.1 Å². The lowest BCUT2D eigenvalue weighted by Gasteiger charge is -2.37. The number of nitrogens with zero attached hydrogens (tertiary/aromatic N) is 1. The molecule has 1 fully saturated rings. The minimum atomic E-state index is -1.09. The molecule has 0 radical (unpaired) electrons. The zero-order valence-electron chi connectivity index (χ0n) is 20.6. The van der Waals surface area contributed by atoms with E-state index in [1.54, 1.807) is 11.8 Å². The summed E-state index contributed by atoms with van der Waals surface area (Å²) in [5.41, 5.74) is 3.49. The third kappa shape index (κ3) is 5.19. The first-order chi connectivity index (χ1) is 16.7. The lowest BCUT2D eigenvalue weighted by atomic mass is 9.93. The fraction of sp³-hybridized carbons (Fsp3) is 0.464. The third-order valence-corrected chi connectivity index (χ3v) is 7.22. The molecule has 0 aliphatic heterocycles. The molecule has 2 aliphatic rings. The maximum absolute atomic E-state index is 13.6. The van der Waals surface area contributed by atoms with E-state index in [1.807, 2.05) is 38.1 Å². The van der Waals surface area contributed by atoms with Crippen LogP contribution < -0.4 is 5.32 Å². The monoisotopic (exact) mass is 478 g/mol. The molecule has 7 heteroatoms. The third-order valence-electron chi connectivity index (χ3n) is 7.22. The van der Waals surface area contributed by atoms with Crippen molar-refractivity contribution in [2.45, 2.75) is 64.0 Å². The molecule has 2 aromatic rings. The molecule has 186 valence electrons. The van der Waals surface area contributed by atoms with Crippen molar-refractivity contribution in [3.05, 3.63) is 59.7 Å². The molecule has 4 rings (SSSR count). The molecule has 0 aromatic heterocycles. The number of carbonyl (C=O) groups excluding carboxylic acids is 2. The van der Waals surface area contributed by atoms with Crippen LogP contribution in [0.15, 0.2) is 48.5 Å². The minimum absolute atomic E-state index is 0.00352. The predicted octanol–water partition coefficient (Wildman–Crippen LogP) is 4.80. The molecule has 0 heterocycles. The number of ether oxygens (including phenoxy) is 1. The molecule has 35 heavy (non-hydrogen) atoms. The number of amides is 2. The molecule has 2 aromatic carbocycles. The van der Waals surface area contributed by atoms with Gasteiger partial charge in [0.05, 0.1) is 0 Å². The number of aliphatic carboxylic acids is 1. The van der Waals surface area contributed by atoms with Gasteiger partial charge in [-0.3, -0.25) is 9.59 Å². The Morgan fingerprint density at radius 2 is 1.63 bits per heavy atom. The summed E-state index contributed by atoms with van der Waals surface area (Å²) in [6.45, 7) is 6.08. The summed E-state index contributed by atoms with van der Waals surface area (Å²) in [5.74, 6) is -1.09. The van der Waals surface area contributed by atoms with Gasteiger partial charge in [0, 0.05) is 24.9 Å². The Bertz CT molecular complexity index is 1060. The average Bonchev–Trinajstić information content (AvgIpc) is 3.63. The molecule has 0 spiro atoms. The smallest absolute Gasteiger partial charge is 0.408 e. The summed E-state index contributed by atoms with van der Waals surface area (Å²) >= 11 is 0. The summed E-state index contributed by atoms with van der Waals surface area (Å²) in [4.78, 5) is 39.2. The van der Waals surface area contributed by atoms with Crippen molar-refractivity contribution < 1.29 is 24.2 Å². The van der Waals surface area contributed by atoms with Gasteiger partial charge in [0.2, 0.25) is 5.91 Å². The Morgan fingerprint density at radius 1 is 1.06 bits per heavy atom. The van der Waals surface area contributed by atoms with E-state index in [0.717, 1.165) is 35.1 Å². The summed E-state index contributed by atoms with van der Waals surface area (Å²) in [7, 11) is 0. The van der Waals surface area contributed by atoms with E-state index in [0.29, 0.717) is 13.0 Å². The van der Waals surface area contributed by atoms with E-state index >= 15 is 0 Å². The largest absolute Gasteiger partial charge is 0.481 e. The average molecular weight is 479 g/mol. The van der Waals surface area contributed by atoms with Crippen molar-refractivity contribution in [3.63, 3.8) is 0 Å². The van der Waals surface area contributed by atoms with Gasteiger partial charge in [0.1, 0.15) is 12.1 Å². The van der Waals surface area contributed by atoms with E-state index in [4.69, 9.17) is 9.84 Å². The number of carbonyl (C=O) groups is 3. The van der Waals surface area contributed by atoms with Crippen LogP contribution in [0.4, 0.5) is 4.79 Å². The molecule has 2 aliphatic carbocycles. The summed E-state index contributed by atoms with van der Waals surface area (Å²) in [5, 5.41) is 11.9. The van der Waals surface area contributed by atoms with Crippen LogP contribution in [-0.4, -0.2) is 52.7 Å². The van der Waals surface area contributed by atoms with Crippen LogP contribution in [0, 0.1) is 5.92 Å². The van der Waals surface area contributed by atoms with Crippen LogP contribution >= 0.6 is 0 Å². The Kier molecular flexibility index (Phi) is 7.15. The number of rotatable bonds is 10. The molecule has 2 N–H and O–H groups in total. The fourth-order valence-corrected chi connectivity index (χ4v) is 5.13. The maximum atomic E-state index is 13.6. The molecule has 1 unspecified atom stereocenters. The number of hydrogen-bond acceptors (Lipinski definition) is 4. The van der Waals surface area contributed by atoms with Gasteiger partial charge in [-0.1, -0.05) is 48.5 Å². The number of benzene rings is 2. The van der Waals surface area contributed by atoms with E-state index in [1.165, 1.54) is 0 Å². The van der Waals surface area contributed by atoms with Crippen molar-refractivity contribution in [1.82, 2.24) is 10.2 Å². The van der Waals surface area contributed by atoms with Crippen LogP contribution in [0.3, 0.4) is 0 Å². The van der Waals surface area contributed by atoms with E-state index in [-0.39, 0.29) is 36.8 Å². The van der Waals surface area contributed by atoms with Crippen LogP contribution in [-0.2, 0) is 14.3 Å². The van der Waals surface area contributed by atoms with Crippen LogP contribution in [0.1, 0.15) is 63.5 Å². The van der Waals surface area contributed by atoms with Crippen molar-refractivity contribution in [2.75, 3.05) is 13.2 Å². The SMILES string of the molecule is CC(C)N(CCCC(=O)O)C(=O)C(C)(NC(=O)OCC1c2ccccc2-c2ccccc21)C1CC1. The zero-order chi connectivity index (χ0) is 25.2.